The second-order valence-corrected chi connectivity index (χ2v) is 8.84. The van der Waals surface area contributed by atoms with E-state index in [1.54, 1.807) is 48.8 Å². The van der Waals surface area contributed by atoms with Gasteiger partial charge in [-0.2, -0.15) is 0 Å². The van der Waals surface area contributed by atoms with Crippen LogP contribution < -0.4 is 0 Å². The zero-order valence-corrected chi connectivity index (χ0v) is 18.8. The minimum absolute atomic E-state index is 0.0193. The quantitative estimate of drug-likeness (QED) is 0.429. The number of halogens is 1. The molecule has 0 unspecified atom stereocenters. The first-order valence-electron chi connectivity index (χ1n) is 10.1. The van der Waals surface area contributed by atoms with Crippen LogP contribution in [0.4, 0.5) is 0 Å². The molecule has 1 aromatic heterocycles. The van der Waals surface area contributed by atoms with Crippen molar-refractivity contribution in [1.82, 2.24) is 4.90 Å². The molecule has 0 spiro atoms. The lowest BCUT2D eigenvalue weighted by atomic mass is 9.74. The Balaban J connectivity index is 1.65. The van der Waals surface area contributed by atoms with Crippen LogP contribution in [0.1, 0.15) is 53.8 Å². The molecular formula is C23H24ClNO5S. The highest BCUT2D eigenvalue weighted by molar-refractivity contribution is 7.12. The van der Waals surface area contributed by atoms with Crippen molar-refractivity contribution < 1.29 is 23.9 Å². The van der Waals surface area contributed by atoms with Crippen LogP contribution in [0.5, 0.6) is 0 Å². The summed E-state index contributed by atoms with van der Waals surface area (Å²) in [7, 11) is 1.54. The largest absolute Gasteiger partial charge is 0.456 e. The lowest BCUT2D eigenvalue weighted by Gasteiger charge is -2.43. The van der Waals surface area contributed by atoms with E-state index in [0.29, 0.717) is 28.3 Å². The van der Waals surface area contributed by atoms with Crippen LogP contribution in [-0.4, -0.2) is 42.0 Å². The van der Waals surface area contributed by atoms with Crippen molar-refractivity contribution >= 4 is 46.4 Å². The number of hydrogen-bond donors (Lipinski definition) is 0. The number of likely N-dealkylation sites (N-methyl/N-ethyl adjacent to an activating group) is 1. The van der Waals surface area contributed by atoms with Gasteiger partial charge in [0.05, 0.1) is 11.3 Å². The molecule has 164 valence electrons. The van der Waals surface area contributed by atoms with E-state index in [4.69, 9.17) is 16.3 Å². The van der Waals surface area contributed by atoms with E-state index in [-0.39, 0.29) is 24.4 Å². The summed E-state index contributed by atoms with van der Waals surface area (Å²) in [5, 5.41) is 2.21. The number of esters is 1. The van der Waals surface area contributed by atoms with Gasteiger partial charge in [0.2, 0.25) is 0 Å². The van der Waals surface area contributed by atoms with Gasteiger partial charge in [-0.1, -0.05) is 35.9 Å². The molecule has 0 saturated heterocycles. The van der Waals surface area contributed by atoms with E-state index in [0.717, 1.165) is 12.8 Å². The lowest BCUT2D eigenvalue weighted by molar-refractivity contribution is -0.157. The number of nitrogens with zero attached hydrogens (tertiary/aromatic N) is 1. The molecule has 8 heteroatoms. The molecule has 1 amide bonds. The van der Waals surface area contributed by atoms with Crippen molar-refractivity contribution in [3.63, 3.8) is 0 Å². The SMILES string of the molecule is CN(C(=O)COC(=O)CCC(=O)c1cccs1)[C@]1(c2ccccc2Cl)CCCCC1=O. The fraction of sp³-hybridized carbons (Fsp3) is 0.391. The third-order valence-corrected chi connectivity index (χ3v) is 6.87. The van der Waals surface area contributed by atoms with Crippen LogP contribution in [0.15, 0.2) is 41.8 Å². The molecular weight excluding hydrogens is 438 g/mol. The minimum atomic E-state index is -1.17. The molecule has 3 rings (SSSR count). The smallest absolute Gasteiger partial charge is 0.306 e. The molecule has 6 nitrogen and oxygen atoms in total. The fourth-order valence-corrected chi connectivity index (χ4v) is 4.92. The van der Waals surface area contributed by atoms with E-state index < -0.39 is 24.0 Å². The molecule has 1 fully saturated rings. The van der Waals surface area contributed by atoms with Crippen LogP contribution in [0.2, 0.25) is 5.02 Å². The van der Waals surface area contributed by atoms with Crippen LogP contribution in [0.3, 0.4) is 0 Å². The normalized spacial score (nSPS) is 18.5. The van der Waals surface area contributed by atoms with Crippen molar-refractivity contribution in [2.45, 2.75) is 44.1 Å². The Labute approximate surface area is 190 Å². The average molecular weight is 462 g/mol. The molecule has 0 radical (unpaired) electrons. The summed E-state index contributed by atoms with van der Waals surface area (Å²) in [6, 6.07) is 10.5. The molecule has 1 aromatic carbocycles. The van der Waals surface area contributed by atoms with E-state index in [1.807, 2.05) is 0 Å². The number of thiophene rings is 1. The van der Waals surface area contributed by atoms with Gasteiger partial charge in [0.25, 0.3) is 5.91 Å². The van der Waals surface area contributed by atoms with Crippen LogP contribution in [0.25, 0.3) is 0 Å². The van der Waals surface area contributed by atoms with Crippen LogP contribution >= 0.6 is 22.9 Å². The van der Waals surface area contributed by atoms with Crippen molar-refractivity contribution in [1.29, 1.82) is 0 Å². The molecule has 1 heterocycles. The first-order chi connectivity index (χ1) is 14.9. The number of amides is 1. The van der Waals surface area contributed by atoms with E-state index in [1.165, 1.54) is 16.2 Å². The van der Waals surface area contributed by atoms with E-state index in [2.05, 4.69) is 0 Å². The Morgan fingerprint density at radius 3 is 2.58 bits per heavy atom. The Hall–Kier alpha value is -2.51. The third kappa shape index (κ3) is 5.05. The monoisotopic (exact) mass is 461 g/mol. The van der Waals surface area contributed by atoms with Gasteiger partial charge >= 0.3 is 5.97 Å². The second-order valence-electron chi connectivity index (χ2n) is 7.48. The van der Waals surface area contributed by atoms with Crippen molar-refractivity contribution in [2.75, 3.05) is 13.7 Å². The fourth-order valence-electron chi connectivity index (χ4n) is 3.93. The topological polar surface area (TPSA) is 80.8 Å². The highest BCUT2D eigenvalue weighted by Crippen LogP contribution is 2.42. The summed E-state index contributed by atoms with van der Waals surface area (Å²) in [5.74, 6) is -1.34. The van der Waals surface area contributed by atoms with E-state index >= 15 is 0 Å². The lowest BCUT2D eigenvalue weighted by Crippen LogP contribution is -2.55. The number of carbonyl (C=O) groups is 4. The molecule has 1 aliphatic rings. The summed E-state index contributed by atoms with van der Waals surface area (Å²) < 4.78 is 5.11. The Morgan fingerprint density at radius 2 is 1.90 bits per heavy atom. The maximum Gasteiger partial charge on any atom is 0.306 e. The molecule has 1 aliphatic carbocycles. The molecule has 31 heavy (non-hydrogen) atoms. The number of benzene rings is 1. The third-order valence-electron chi connectivity index (χ3n) is 5.63. The predicted octanol–water partition coefficient (Wildman–Crippen LogP) is 4.40. The van der Waals surface area contributed by atoms with Gasteiger partial charge in [0, 0.05) is 30.5 Å². The van der Waals surface area contributed by atoms with Crippen LogP contribution in [0, 0.1) is 0 Å². The molecule has 0 bridgehead atoms. The summed E-state index contributed by atoms with van der Waals surface area (Å²) in [6.07, 6.45) is 2.27. The average Bonchev–Trinajstić information content (AvgIpc) is 3.31. The number of ether oxygens (including phenoxy) is 1. The summed E-state index contributed by atoms with van der Waals surface area (Å²) >= 11 is 7.71. The number of carbonyl (C=O) groups excluding carboxylic acids is 4. The minimum Gasteiger partial charge on any atom is -0.456 e. The second kappa shape index (κ2) is 10.2. The van der Waals surface area contributed by atoms with E-state index in [9.17, 15) is 19.2 Å². The Bertz CT molecular complexity index is 974. The van der Waals surface area contributed by atoms with Gasteiger partial charge in [0.1, 0.15) is 5.54 Å². The number of rotatable bonds is 8. The van der Waals surface area contributed by atoms with Crippen molar-refractivity contribution in [3.8, 4) is 0 Å². The van der Waals surface area contributed by atoms with Gasteiger partial charge in [0.15, 0.2) is 18.2 Å². The molecule has 1 saturated carbocycles. The maximum atomic E-state index is 13.0. The highest BCUT2D eigenvalue weighted by atomic mass is 35.5. The number of ketones is 2. The Kier molecular flexibility index (Phi) is 7.62. The zero-order chi connectivity index (χ0) is 22.4. The first-order valence-corrected chi connectivity index (χ1v) is 11.4. The van der Waals surface area contributed by atoms with Gasteiger partial charge < -0.3 is 9.64 Å². The van der Waals surface area contributed by atoms with Gasteiger partial charge in [-0.3, -0.25) is 19.2 Å². The molecule has 0 N–H and O–H groups in total. The van der Waals surface area contributed by atoms with Crippen LogP contribution in [-0.2, 0) is 24.7 Å². The predicted molar refractivity (Wildman–Crippen MR) is 118 cm³/mol. The van der Waals surface area contributed by atoms with Gasteiger partial charge in [-0.25, -0.2) is 0 Å². The first kappa shape index (κ1) is 23.2. The summed E-state index contributed by atoms with van der Waals surface area (Å²) in [4.78, 5) is 52.0. The molecule has 0 aliphatic heterocycles. The highest BCUT2D eigenvalue weighted by Gasteiger charge is 2.47. The number of hydrogen-bond acceptors (Lipinski definition) is 6. The van der Waals surface area contributed by atoms with Crippen molar-refractivity contribution in [2.24, 2.45) is 0 Å². The summed E-state index contributed by atoms with van der Waals surface area (Å²) in [5.41, 5.74) is -0.583. The Morgan fingerprint density at radius 1 is 1.13 bits per heavy atom. The summed E-state index contributed by atoms with van der Waals surface area (Å²) in [6.45, 7) is -0.498. The molecule has 2 aromatic rings. The van der Waals surface area contributed by atoms with Gasteiger partial charge in [-0.05, 0) is 36.8 Å². The van der Waals surface area contributed by atoms with Gasteiger partial charge in [-0.15, -0.1) is 11.3 Å². The zero-order valence-electron chi connectivity index (χ0n) is 17.3. The maximum absolute atomic E-state index is 13.0. The standard InChI is InChI=1S/C23H24ClNO5S/c1-25(21(28)15-30-22(29)12-11-18(26)19-9-6-14-31-19)23(13-5-4-10-20(23)27)16-7-2-3-8-17(16)24/h2-3,6-9,14H,4-5,10-13,15H2,1H3/t23-/m0/s1. The molecule has 1 atom stereocenters. The number of Topliss-reactive ketones (excluding diaryl/α,β-unsaturated/α-hetero) is 2. The van der Waals surface area contributed by atoms with Crippen molar-refractivity contribution in [3.05, 3.63) is 57.2 Å².